The van der Waals surface area contributed by atoms with Crippen LogP contribution in [0.4, 0.5) is 14.5 Å². The van der Waals surface area contributed by atoms with Crippen molar-refractivity contribution < 1.29 is 23.5 Å². The lowest BCUT2D eigenvalue weighted by Gasteiger charge is -2.35. The van der Waals surface area contributed by atoms with E-state index in [1.165, 1.54) is 53.4 Å². The fourth-order valence-electron chi connectivity index (χ4n) is 4.96. The van der Waals surface area contributed by atoms with E-state index in [-0.39, 0.29) is 13.0 Å². The highest BCUT2D eigenvalue weighted by Gasteiger charge is 2.40. The van der Waals surface area contributed by atoms with Gasteiger partial charge in [-0.15, -0.1) is 0 Å². The fourth-order valence-corrected chi connectivity index (χ4v) is 4.96. The summed E-state index contributed by atoms with van der Waals surface area (Å²) in [5.74, 6) is -3.50. The molecular formula is C29H26F2N4O3. The van der Waals surface area contributed by atoms with E-state index in [4.69, 9.17) is 5.73 Å². The van der Waals surface area contributed by atoms with Crippen molar-refractivity contribution in [2.24, 2.45) is 0 Å². The number of carbonyl (C=O) groups excluding carboxylic acids is 1. The third kappa shape index (κ3) is 4.87. The SMILES string of the molecule is Cc1cc(Cn2cnc3c2CC(C(=O)O)N(C(=O)C(c2ccc(F)cc2)c2ccc(F)cc2)C3)ccc1N. The topological polar surface area (TPSA) is 101 Å². The van der Waals surface area contributed by atoms with Crippen molar-refractivity contribution in [1.82, 2.24) is 14.5 Å². The highest BCUT2D eigenvalue weighted by molar-refractivity contribution is 5.91. The molecule has 0 fully saturated rings. The van der Waals surface area contributed by atoms with Gasteiger partial charge in [-0.05, 0) is 59.5 Å². The first-order valence-corrected chi connectivity index (χ1v) is 12.1. The monoisotopic (exact) mass is 516 g/mol. The molecular weight excluding hydrogens is 490 g/mol. The first kappa shape index (κ1) is 25.1. The van der Waals surface area contributed by atoms with E-state index in [0.29, 0.717) is 29.1 Å². The molecule has 1 unspecified atom stereocenters. The summed E-state index contributed by atoms with van der Waals surface area (Å²) in [6.07, 6.45) is 1.73. The molecule has 0 aliphatic carbocycles. The van der Waals surface area contributed by atoms with Gasteiger partial charge in [0, 0.05) is 24.3 Å². The number of halogens is 2. The van der Waals surface area contributed by atoms with E-state index >= 15 is 0 Å². The largest absolute Gasteiger partial charge is 0.480 e. The molecule has 9 heteroatoms. The van der Waals surface area contributed by atoms with Gasteiger partial charge in [-0.1, -0.05) is 36.4 Å². The second-order valence-electron chi connectivity index (χ2n) is 9.52. The summed E-state index contributed by atoms with van der Waals surface area (Å²) in [5, 5.41) is 10.1. The molecule has 38 heavy (non-hydrogen) atoms. The molecule has 1 aliphatic heterocycles. The van der Waals surface area contributed by atoms with E-state index < -0.39 is 35.5 Å². The number of carbonyl (C=O) groups is 2. The Kier molecular flexibility index (Phi) is 6.67. The van der Waals surface area contributed by atoms with Gasteiger partial charge in [0.2, 0.25) is 5.91 Å². The first-order valence-electron chi connectivity index (χ1n) is 12.1. The lowest BCUT2D eigenvalue weighted by molar-refractivity contribution is -0.151. The molecule has 2 heterocycles. The van der Waals surface area contributed by atoms with Gasteiger partial charge in [-0.3, -0.25) is 4.79 Å². The van der Waals surface area contributed by atoms with Gasteiger partial charge < -0.3 is 20.3 Å². The predicted molar refractivity (Wildman–Crippen MR) is 137 cm³/mol. The zero-order chi connectivity index (χ0) is 27.0. The average Bonchev–Trinajstić information content (AvgIpc) is 3.29. The van der Waals surface area contributed by atoms with Crippen molar-refractivity contribution in [3.63, 3.8) is 0 Å². The fraction of sp³-hybridized carbons (Fsp3) is 0.207. The number of carboxylic acid groups (broad SMARTS) is 1. The van der Waals surface area contributed by atoms with E-state index in [0.717, 1.165) is 16.8 Å². The number of nitrogens with zero attached hydrogens (tertiary/aromatic N) is 3. The Balaban J connectivity index is 1.49. The Morgan fingerprint density at radius 1 is 1.03 bits per heavy atom. The zero-order valence-corrected chi connectivity index (χ0v) is 20.6. The van der Waals surface area contributed by atoms with Crippen LogP contribution >= 0.6 is 0 Å². The molecule has 3 N–H and O–H groups in total. The lowest BCUT2D eigenvalue weighted by Crippen LogP contribution is -2.50. The maximum atomic E-state index is 14.0. The molecule has 3 aromatic carbocycles. The van der Waals surface area contributed by atoms with Gasteiger partial charge in [0.1, 0.15) is 17.7 Å². The Morgan fingerprint density at radius 2 is 1.63 bits per heavy atom. The number of aliphatic carboxylic acids is 1. The van der Waals surface area contributed by atoms with Crippen molar-refractivity contribution in [2.75, 3.05) is 5.73 Å². The quantitative estimate of drug-likeness (QED) is 0.373. The number of aryl methyl sites for hydroxylation is 1. The third-order valence-electron chi connectivity index (χ3n) is 7.02. The summed E-state index contributed by atoms with van der Waals surface area (Å²) in [6, 6.07) is 15.5. The summed E-state index contributed by atoms with van der Waals surface area (Å²) in [7, 11) is 0. The number of carboxylic acids is 1. The summed E-state index contributed by atoms with van der Waals surface area (Å²) < 4.78 is 29.2. The summed E-state index contributed by atoms with van der Waals surface area (Å²) in [4.78, 5) is 32.2. The Labute approximate surface area is 218 Å². The van der Waals surface area contributed by atoms with E-state index in [2.05, 4.69) is 4.98 Å². The number of rotatable bonds is 6. The molecule has 1 aliphatic rings. The maximum Gasteiger partial charge on any atom is 0.326 e. The highest BCUT2D eigenvalue weighted by Crippen LogP contribution is 2.32. The number of amides is 1. The molecule has 0 saturated heterocycles. The van der Waals surface area contributed by atoms with Crippen LogP contribution in [0.1, 0.15) is 39.6 Å². The Hall–Kier alpha value is -4.53. The molecule has 1 atom stereocenters. The van der Waals surface area contributed by atoms with Crippen LogP contribution < -0.4 is 5.73 Å². The number of anilines is 1. The standard InChI is InChI=1S/C29H26F2N4O3/c1-17-12-18(2-11-23(17)32)14-34-16-33-24-15-35(26(29(37)38)13-25(24)34)28(36)27(19-3-7-21(30)8-4-19)20-5-9-22(31)10-6-20/h2-12,16,26-27H,13-15,32H2,1H3,(H,37,38). The van der Waals surface area contributed by atoms with E-state index in [1.54, 1.807) is 6.33 Å². The van der Waals surface area contributed by atoms with Crippen molar-refractivity contribution in [3.8, 4) is 0 Å². The molecule has 0 saturated carbocycles. The van der Waals surface area contributed by atoms with E-state index in [1.807, 2.05) is 29.7 Å². The number of fused-ring (bicyclic) bond motifs is 1. The van der Waals surface area contributed by atoms with Gasteiger partial charge in [0.05, 0.1) is 24.5 Å². The number of aromatic nitrogens is 2. The van der Waals surface area contributed by atoms with Crippen LogP contribution in [0.2, 0.25) is 0 Å². The third-order valence-corrected chi connectivity index (χ3v) is 7.02. The minimum Gasteiger partial charge on any atom is -0.480 e. The molecule has 1 aromatic heterocycles. The average molecular weight is 517 g/mol. The molecule has 5 rings (SSSR count). The molecule has 0 radical (unpaired) electrons. The number of hydrogen-bond donors (Lipinski definition) is 2. The van der Waals surface area contributed by atoms with Crippen LogP contribution in [0.3, 0.4) is 0 Å². The van der Waals surface area contributed by atoms with Crippen molar-refractivity contribution in [3.05, 3.63) is 118 Å². The van der Waals surface area contributed by atoms with Crippen LogP contribution in [-0.4, -0.2) is 37.5 Å². The van der Waals surface area contributed by atoms with Crippen LogP contribution in [0, 0.1) is 18.6 Å². The van der Waals surface area contributed by atoms with Crippen LogP contribution in [-0.2, 0) is 29.1 Å². The van der Waals surface area contributed by atoms with E-state index in [9.17, 15) is 23.5 Å². The van der Waals surface area contributed by atoms with Gasteiger partial charge in [-0.25, -0.2) is 18.6 Å². The number of hydrogen-bond acceptors (Lipinski definition) is 4. The summed E-state index contributed by atoms with van der Waals surface area (Å²) >= 11 is 0. The lowest BCUT2D eigenvalue weighted by atomic mass is 9.88. The van der Waals surface area contributed by atoms with Crippen LogP contribution in [0.25, 0.3) is 0 Å². The van der Waals surface area contributed by atoms with Crippen molar-refractivity contribution >= 4 is 17.6 Å². The van der Waals surface area contributed by atoms with Crippen LogP contribution in [0.5, 0.6) is 0 Å². The Bertz CT molecular complexity index is 1450. The predicted octanol–water partition coefficient (Wildman–Crippen LogP) is 4.27. The molecule has 1 amide bonds. The summed E-state index contributed by atoms with van der Waals surface area (Å²) in [5.41, 5.74) is 10.9. The number of nitrogens with two attached hydrogens (primary N) is 1. The maximum absolute atomic E-state index is 14.0. The molecule has 7 nitrogen and oxygen atoms in total. The second kappa shape index (κ2) is 10.1. The van der Waals surface area contributed by atoms with Gasteiger partial charge in [0.15, 0.2) is 0 Å². The number of benzene rings is 3. The summed E-state index contributed by atoms with van der Waals surface area (Å²) in [6.45, 7) is 2.40. The normalized spacial score (nSPS) is 14.9. The molecule has 0 spiro atoms. The first-order chi connectivity index (χ1) is 18.2. The highest BCUT2D eigenvalue weighted by atomic mass is 19.1. The van der Waals surface area contributed by atoms with Crippen molar-refractivity contribution in [1.29, 1.82) is 0 Å². The van der Waals surface area contributed by atoms with Crippen molar-refractivity contribution in [2.45, 2.75) is 38.4 Å². The number of imidazole rings is 1. The Morgan fingerprint density at radius 3 is 2.18 bits per heavy atom. The minimum atomic E-state index is -1.14. The molecule has 4 aromatic rings. The van der Waals surface area contributed by atoms with Gasteiger partial charge >= 0.3 is 5.97 Å². The molecule has 194 valence electrons. The van der Waals surface area contributed by atoms with Gasteiger partial charge in [0.25, 0.3) is 0 Å². The second-order valence-corrected chi connectivity index (χ2v) is 9.52. The minimum absolute atomic E-state index is 0.00219. The van der Waals surface area contributed by atoms with Crippen LogP contribution in [0.15, 0.2) is 73.1 Å². The van der Waals surface area contributed by atoms with Gasteiger partial charge in [-0.2, -0.15) is 0 Å². The smallest absolute Gasteiger partial charge is 0.326 e. The molecule has 0 bridgehead atoms. The number of nitrogen functional groups attached to an aromatic ring is 1. The zero-order valence-electron chi connectivity index (χ0n) is 20.6.